The predicted molar refractivity (Wildman–Crippen MR) is 203 cm³/mol. The van der Waals surface area contributed by atoms with Crippen molar-refractivity contribution in [3.8, 4) is 5.75 Å². The summed E-state index contributed by atoms with van der Waals surface area (Å²) < 4.78 is 5.23. The first kappa shape index (κ1) is 42.1. The van der Waals surface area contributed by atoms with E-state index in [0.717, 1.165) is 50.2 Å². The van der Waals surface area contributed by atoms with E-state index in [0.29, 0.717) is 30.4 Å². The van der Waals surface area contributed by atoms with Crippen molar-refractivity contribution in [2.75, 3.05) is 25.7 Å². The number of phenolic OH excluding ortho intramolecular Hbond substituents is 1. The van der Waals surface area contributed by atoms with E-state index in [1.54, 1.807) is 12.1 Å². The van der Waals surface area contributed by atoms with Gasteiger partial charge in [0.05, 0.1) is 25.1 Å². The third-order valence-corrected chi connectivity index (χ3v) is 11.0. The van der Waals surface area contributed by atoms with E-state index in [1.807, 2.05) is 36.6 Å². The Balaban J connectivity index is 0.00000155. The highest BCUT2D eigenvalue weighted by Crippen LogP contribution is 2.62. The fourth-order valence-electron chi connectivity index (χ4n) is 8.57. The predicted octanol–water partition coefficient (Wildman–Crippen LogP) is 2.06. The molecule has 2 aromatic carbocycles. The van der Waals surface area contributed by atoms with Gasteiger partial charge in [-0.2, -0.15) is 11.8 Å². The van der Waals surface area contributed by atoms with Crippen molar-refractivity contribution in [1.82, 2.24) is 21.3 Å². The molecule has 0 heterocycles. The number of hydrogen-bond acceptors (Lipinski definition) is 10. The smallest absolute Gasteiger partial charge is 0.311 e. The number of carbonyl (C=O) groups is 6. The fraction of sp³-hybridized carbons (Fsp3) is 0.538. The normalized spacial score (nSPS) is 23.7. The number of carbonyl (C=O) groups excluding carboxylic acids is 5. The Hall–Kier alpha value is -4.63. The van der Waals surface area contributed by atoms with E-state index in [9.17, 15) is 29.1 Å². The lowest BCUT2D eigenvalue weighted by atomic mass is 9.47. The Kier molecular flexibility index (Phi) is 14.9. The quantitative estimate of drug-likeness (QED) is 0.122. The van der Waals surface area contributed by atoms with Gasteiger partial charge in [-0.3, -0.25) is 28.8 Å². The van der Waals surface area contributed by atoms with E-state index >= 15 is 0 Å². The number of methoxy groups -OCH3 is 1. The molecule has 5 atom stereocenters. The number of rotatable bonds is 16. The number of thioether (sulfide) groups is 1. The van der Waals surface area contributed by atoms with Gasteiger partial charge in [-0.15, -0.1) is 0 Å². The van der Waals surface area contributed by atoms with Crippen molar-refractivity contribution >= 4 is 47.3 Å². The molecule has 0 saturated heterocycles. The topological polar surface area (TPSA) is 226 Å². The van der Waals surface area contributed by atoms with Gasteiger partial charge in [0.1, 0.15) is 17.8 Å². The second-order valence-electron chi connectivity index (χ2n) is 14.9. The molecule has 4 saturated carbocycles. The van der Waals surface area contributed by atoms with Crippen LogP contribution in [0.1, 0.15) is 63.0 Å². The van der Waals surface area contributed by atoms with Crippen molar-refractivity contribution in [2.45, 2.75) is 88.4 Å². The monoisotopic (exact) mass is 767 g/mol. The van der Waals surface area contributed by atoms with Crippen LogP contribution in [0.15, 0.2) is 54.6 Å². The summed E-state index contributed by atoms with van der Waals surface area (Å²) in [4.78, 5) is 75.4. The summed E-state index contributed by atoms with van der Waals surface area (Å²) in [6.07, 6.45) is 7.36. The van der Waals surface area contributed by atoms with Crippen LogP contribution in [0.3, 0.4) is 0 Å². The van der Waals surface area contributed by atoms with Crippen LogP contribution in [0.5, 0.6) is 5.75 Å². The highest BCUT2D eigenvalue weighted by molar-refractivity contribution is 7.98. The lowest BCUT2D eigenvalue weighted by Gasteiger charge is -2.60. The number of phenols is 1. The number of hydrogen-bond donors (Lipinski definition) is 7. The number of aromatic hydroxyl groups is 1. The van der Waals surface area contributed by atoms with Gasteiger partial charge < -0.3 is 42.0 Å². The molecule has 0 radical (unpaired) electrons. The average molecular weight is 768 g/mol. The number of amides is 4. The molecule has 4 bridgehead atoms. The molecule has 4 amide bonds. The van der Waals surface area contributed by atoms with Crippen LogP contribution in [0.2, 0.25) is 0 Å². The van der Waals surface area contributed by atoms with Crippen molar-refractivity contribution in [3.63, 3.8) is 0 Å². The molecule has 14 nitrogen and oxygen atoms in total. The summed E-state index contributed by atoms with van der Waals surface area (Å²) in [5.41, 5.74) is 6.61. The molecular formula is C39H53N5O9S. The molecule has 54 heavy (non-hydrogen) atoms. The molecule has 2 aromatic rings. The first-order valence-corrected chi connectivity index (χ1v) is 19.6. The van der Waals surface area contributed by atoms with E-state index in [4.69, 9.17) is 20.4 Å². The Morgan fingerprint density at radius 1 is 0.870 bits per heavy atom. The Bertz CT molecular complexity index is 1620. The van der Waals surface area contributed by atoms with Crippen molar-refractivity contribution in [3.05, 3.63) is 65.7 Å². The number of aliphatic carboxylic acids is 1. The first-order chi connectivity index (χ1) is 25.7. The Morgan fingerprint density at radius 2 is 1.48 bits per heavy atom. The zero-order chi connectivity index (χ0) is 39.5. The third kappa shape index (κ3) is 11.7. The number of nitrogens with one attached hydrogen (secondary N) is 4. The summed E-state index contributed by atoms with van der Waals surface area (Å²) in [6, 6.07) is 13.0. The highest BCUT2D eigenvalue weighted by atomic mass is 32.2. The molecule has 0 aliphatic heterocycles. The molecule has 4 fully saturated rings. The van der Waals surface area contributed by atoms with Gasteiger partial charge >= 0.3 is 5.97 Å². The first-order valence-electron chi connectivity index (χ1n) is 18.2. The summed E-state index contributed by atoms with van der Waals surface area (Å²) >= 11 is 1.51. The average Bonchev–Trinajstić information content (AvgIpc) is 3.12. The highest BCUT2D eigenvalue weighted by Gasteiger charge is 2.61. The minimum absolute atomic E-state index is 0.104. The van der Waals surface area contributed by atoms with E-state index < -0.39 is 59.3 Å². The maximum absolute atomic E-state index is 14.0. The summed E-state index contributed by atoms with van der Waals surface area (Å²) in [5, 5.41) is 28.4. The number of carboxylic acids is 1. The number of ether oxygens (including phenoxy) is 1. The maximum atomic E-state index is 14.0. The van der Waals surface area contributed by atoms with Crippen LogP contribution in [0.25, 0.3) is 0 Å². The summed E-state index contributed by atoms with van der Waals surface area (Å²) in [5.74, 6) is -1.63. The second kappa shape index (κ2) is 19.1. The molecule has 0 spiro atoms. The molecule has 0 aromatic heterocycles. The van der Waals surface area contributed by atoms with E-state index in [2.05, 4.69) is 21.3 Å². The van der Waals surface area contributed by atoms with Crippen LogP contribution < -0.4 is 27.0 Å². The minimum Gasteiger partial charge on any atom is -0.508 e. The molecule has 4 aliphatic rings. The number of esters is 1. The molecule has 2 unspecified atom stereocenters. The van der Waals surface area contributed by atoms with Crippen molar-refractivity contribution < 1.29 is 43.7 Å². The summed E-state index contributed by atoms with van der Waals surface area (Å²) in [7, 11) is 1.42. The van der Waals surface area contributed by atoms with Gasteiger partial charge in [0.15, 0.2) is 0 Å². The van der Waals surface area contributed by atoms with Crippen LogP contribution in [-0.2, 0) is 46.3 Å². The van der Waals surface area contributed by atoms with Crippen LogP contribution in [0.4, 0.5) is 0 Å². The number of nitrogens with two attached hydrogens (primary N) is 1. The lowest BCUT2D eigenvalue weighted by molar-refractivity contribution is -0.173. The molecule has 15 heteroatoms. The zero-order valence-corrected chi connectivity index (χ0v) is 31.9. The largest absolute Gasteiger partial charge is 0.508 e. The van der Waals surface area contributed by atoms with E-state index in [-0.39, 0.29) is 30.5 Å². The van der Waals surface area contributed by atoms with Crippen molar-refractivity contribution in [2.24, 2.45) is 23.0 Å². The standard InChI is InChI=1S/C37H49N5O7S.C2H4O2/c1-49-35(48)36-17-25-14-26(18-36)20-37(19-25,22-36)42-34(47)30(16-23-6-4-3-5-7-23)40-31(44)21-39-33(46)29(12-13-50-2)41-32(45)28(38)15-24-8-10-27(43)11-9-24;1-2(3)4/h3-11,25-26,28-30,43H,12-22,38H2,1-2H3,(H,39,46)(H,40,44)(H,41,45)(H,42,47);1H3,(H,3,4)/t25?,26?,28-,29+,30-,36?,37?;/m0./s1. The number of benzene rings is 2. The van der Waals surface area contributed by atoms with E-state index in [1.165, 1.54) is 31.0 Å². The van der Waals surface area contributed by atoms with Gasteiger partial charge in [-0.25, -0.2) is 0 Å². The van der Waals surface area contributed by atoms with Gasteiger partial charge in [-0.1, -0.05) is 42.5 Å². The molecule has 4 aliphatic carbocycles. The SMILES string of the molecule is CC(=O)O.COC(=O)C12CC3CC(CC(NC(=O)[C@H](Cc4ccccc4)NC(=O)CNC(=O)[C@@H](CCSC)NC(=O)[C@@H](N)Cc4ccc(O)cc4)(C3)C1)C2. The Morgan fingerprint density at radius 3 is 2.07 bits per heavy atom. The van der Waals surface area contributed by atoms with Crippen LogP contribution in [-0.4, -0.2) is 95.1 Å². The number of carboxylic acid groups (broad SMARTS) is 1. The minimum atomic E-state index is -0.929. The van der Waals surface area contributed by atoms with Crippen LogP contribution >= 0.6 is 11.8 Å². The van der Waals surface area contributed by atoms with Gasteiger partial charge in [0.2, 0.25) is 23.6 Å². The molecule has 294 valence electrons. The fourth-order valence-corrected chi connectivity index (χ4v) is 9.04. The second-order valence-corrected chi connectivity index (χ2v) is 15.9. The van der Waals surface area contributed by atoms with Gasteiger partial charge in [-0.05, 0) is 98.5 Å². The third-order valence-electron chi connectivity index (χ3n) is 10.4. The lowest BCUT2D eigenvalue weighted by Crippen LogP contribution is -2.67. The maximum Gasteiger partial charge on any atom is 0.311 e. The molecule has 6 rings (SSSR count). The summed E-state index contributed by atoms with van der Waals surface area (Å²) in [6.45, 7) is 0.684. The molecule has 8 N–H and O–H groups in total. The zero-order valence-electron chi connectivity index (χ0n) is 31.1. The van der Waals surface area contributed by atoms with Crippen LogP contribution in [0, 0.1) is 17.3 Å². The van der Waals surface area contributed by atoms with Gasteiger partial charge in [0, 0.05) is 18.9 Å². The van der Waals surface area contributed by atoms with Crippen molar-refractivity contribution in [1.29, 1.82) is 0 Å². The molecular weight excluding hydrogens is 715 g/mol. The Labute approximate surface area is 320 Å². The van der Waals surface area contributed by atoms with Gasteiger partial charge in [0.25, 0.3) is 5.97 Å².